The number of carboxylic acid groups (broad SMARTS) is 1. The number of nitrogens with one attached hydrogen (secondary N) is 1. The highest BCUT2D eigenvalue weighted by molar-refractivity contribution is 5.75. The first-order valence-electron chi connectivity index (χ1n) is 5.04. The monoisotopic (exact) mass is 208 g/mol. The first-order valence-corrected chi connectivity index (χ1v) is 5.04. The van der Waals surface area contributed by atoms with Crippen LogP contribution in [-0.2, 0) is 4.79 Å². The molecule has 1 unspecified atom stereocenters. The number of carbonyl (C=O) groups is 1. The van der Waals surface area contributed by atoms with Crippen molar-refractivity contribution >= 4 is 5.97 Å². The summed E-state index contributed by atoms with van der Waals surface area (Å²) in [4.78, 5) is 15.1. The Labute approximate surface area is 89.3 Å². The quantitative estimate of drug-likeness (QED) is 0.770. The Morgan fingerprint density at radius 3 is 2.80 bits per heavy atom. The number of hydrogen-bond acceptors (Lipinski definition) is 3. The van der Waals surface area contributed by atoms with Crippen LogP contribution in [0.5, 0.6) is 0 Å². The Balaban J connectivity index is 2.79. The molecule has 1 heterocycles. The van der Waals surface area contributed by atoms with E-state index in [-0.39, 0.29) is 0 Å². The lowest BCUT2D eigenvalue weighted by Gasteiger charge is -2.13. The average Bonchev–Trinajstić information content (AvgIpc) is 2.21. The molecule has 0 fully saturated rings. The van der Waals surface area contributed by atoms with Crippen molar-refractivity contribution in [1.82, 2.24) is 10.3 Å². The highest BCUT2D eigenvalue weighted by Gasteiger charge is 2.18. The topological polar surface area (TPSA) is 62.2 Å². The van der Waals surface area contributed by atoms with Crippen LogP contribution in [0.25, 0.3) is 0 Å². The van der Waals surface area contributed by atoms with Crippen LogP contribution in [0.2, 0.25) is 0 Å². The summed E-state index contributed by atoms with van der Waals surface area (Å²) in [7, 11) is 0. The number of aryl methyl sites for hydroxylation is 1. The molecule has 2 N–H and O–H groups in total. The summed E-state index contributed by atoms with van der Waals surface area (Å²) in [6.45, 7) is 4.56. The molecule has 0 bridgehead atoms. The van der Waals surface area contributed by atoms with Crippen LogP contribution in [0.15, 0.2) is 18.3 Å². The van der Waals surface area contributed by atoms with E-state index in [4.69, 9.17) is 5.11 Å². The van der Waals surface area contributed by atoms with E-state index in [1.165, 1.54) is 0 Å². The Morgan fingerprint density at radius 2 is 2.33 bits per heavy atom. The molecule has 4 nitrogen and oxygen atoms in total. The first kappa shape index (κ1) is 11.7. The van der Waals surface area contributed by atoms with Gasteiger partial charge in [-0.2, -0.15) is 0 Å². The van der Waals surface area contributed by atoms with E-state index in [0.29, 0.717) is 12.1 Å². The van der Waals surface area contributed by atoms with Crippen molar-refractivity contribution in [3.63, 3.8) is 0 Å². The van der Waals surface area contributed by atoms with Gasteiger partial charge in [0.2, 0.25) is 0 Å². The van der Waals surface area contributed by atoms with Crippen molar-refractivity contribution in [3.8, 4) is 0 Å². The Bertz CT molecular complexity index is 322. The van der Waals surface area contributed by atoms with Crippen molar-refractivity contribution in [3.05, 3.63) is 29.6 Å². The highest BCUT2D eigenvalue weighted by atomic mass is 16.4. The molecule has 0 aliphatic heterocycles. The van der Waals surface area contributed by atoms with Crippen molar-refractivity contribution < 1.29 is 9.90 Å². The smallest absolute Gasteiger partial charge is 0.325 e. The van der Waals surface area contributed by atoms with Gasteiger partial charge in [-0.25, -0.2) is 0 Å². The number of aliphatic carboxylic acids is 1. The molecule has 0 aliphatic carbocycles. The Kier molecular flexibility index (Phi) is 4.24. The third kappa shape index (κ3) is 3.32. The summed E-state index contributed by atoms with van der Waals surface area (Å²) in [5.41, 5.74) is 1.58. The van der Waals surface area contributed by atoms with E-state index < -0.39 is 12.0 Å². The predicted octanol–water partition coefficient (Wildman–Crippen LogP) is 1.52. The lowest BCUT2D eigenvalue weighted by Crippen LogP contribution is -2.29. The largest absolute Gasteiger partial charge is 0.480 e. The summed E-state index contributed by atoms with van der Waals surface area (Å²) in [5.74, 6) is -0.867. The lowest BCUT2D eigenvalue weighted by atomic mass is 10.1. The van der Waals surface area contributed by atoms with E-state index in [1.54, 1.807) is 12.3 Å². The number of hydrogen-bond donors (Lipinski definition) is 2. The standard InChI is InChI=1S/C11H16N2O2/c1-3-6-12-10(11(14)15)9-5-4-8(2)13-7-9/h4-5,7,10,12H,3,6H2,1-2H3,(H,14,15). The van der Waals surface area contributed by atoms with Crippen LogP contribution >= 0.6 is 0 Å². The number of nitrogens with zero attached hydrogens (tertiary/aromatic N) is 1. The molecule has 0 saturated heterocycles. The second-order valence-corrected chi connectivity index (χ2v) is 3.46. The fourth-order valence-corrected chi connectivity index (χ4v) is 1.29. The molecule has 1 aromatic rings. The lowest BCUT2D eigenvalue weighted by molar-refractivity contribution is -0.139. The second-order valence-electron chi connectivity index (χ2n) is 3.46. The minimum atomic E-state index is -0.867. The molecule has 0 spiro atoms. The minimum absolute atomic E-state index is 0.655. The third-order valence-corrected chi connectivity index (χ3v) is 2.11. The molecule has 0 aromatic carbocycles. The zero-order valence-electron chi connectivity index (χ0n) is 9.03. The molecule has 1 rings (SSSR count). The van der Waals surface area contributed by atoms with Crippen molar-refractivity contribution in [1.29, 1.82) is 0 Å². The van der Waals surface area contributed by atoms with Crippen LogP contribution in [0, 0.1) is 6.92 Å². The number of aromatic nitrogens is 1. The normalized spacial score (nSPS) is 12.4. The maximum atomic E-state index is 11.0. The highest BCUT2D eigenvalue weighted by Crippen LogP contribution is 2.12. The Morgan fingerprint density at radius 1 is 1.60 bits per heavy atom. The number of carboxylic acids is 1. The number of pyridine rings is 1. The van der Waals surface area contributed by atoms with Gasteiger partial charge in [-0.15, -0.1) is 0 Å². The zero-order chi connectivity index (χ0) is 11.3. The summed E-state index contributed by atoms with van der Waals surface area (Å²) in [6, 6.07) is 2.96. The van der Waals surface area contributed by atoms with Gasteiger partial charge in [0, 0.05) is 11.9 Å². The molecule has 0 amide bonds. The van der Waals surface area contributed by atoms with Crippen molar-refractivity contribution in [2.75, 3.05) is 6.54 Å². The molecule has 82 valence electrons. The minimum Gasteiger partial charge on any atom is -0.480 e. The fraction of sp³-hybridized carbons (Fsp3) is 0.455. The van der Waals surface area contributed by atoms with Gasteiger partial charge in [0.15, 0.2) is 0 Å². The van der Waals surface area contributed by atoms with Gasteiger partial charge in [-0.3, -0.25) is 9.78 Å². The van der Waals surface area contributed by atoms with Crippen LogP contribution in [0.3, 0.4) is 0 Å². The Hall–Kier alpha value is -1.42. The molecule has 1 aromatic heterocycles. The number of rotatable bonds is 5. The first-order chi connectivity index (χ1) is 7.15. The van der Waals surface area contributed by atoms with Gasteiger partial charge >= 0.3 is 5.97 Å². The van der Waals surface area contributed by atoms with Crippen LogP contribution in [0.1, 0.15) is 30.6 Å². The second kappa shape index (κ2) is 5.46. The molecular formula is C11H16N2O2. The van der Waals surface area contributed by atoms with E-state index in [1.807, 2.05) is 19.9 Å². The maximum absolute atomic E-state index is 11.0. The molecule has 4 heteroatoms. The summed E-state index contributed by atoms with van der Waals surface area (Å²) < 4.78 is 0. The van der Waals surface area contributed by atoms with E-state index in [9.17, 15) is 4.79 Å². The van der Waals surface area contributed by atoms with Crippen molar-refractivity contribution in [2.45, 2.75) is 26.3 Å². The van der Waals surface area contributed by atoms with E-state index >= 15 is 0 Å². The van der Waals surface area contributed by atoms with Gasteiger partial charge < -0.3 is 10.4 Å². The van der Waals surface area contributed by atoms with E-state index in [2.05, 4.69) is 10.3 Å². The summed E-state index contributed by atoms with van der Waals surface area (Å²) in [5, 5.41) is 12.0. The van der Waals surface area contributed by atoms with Crippen LogP contribution in [0.4, 0.5) is 0 Å². The SMILES string of the molecule is CCCNC(C(=O)O)c1ccc(C)nc1. The van der Waals surface area contributed by atoms with Gasteiger partial charge in [0.1, 0.15) is 6.04 Å². The molecule has 1 atom stereocenters. The van der Waals surface area contributed by atoms with Gasteiger partial charge in [0.05, 0.1) is 0 Å². The van der Waals surface area contributed by atoms with E-state index in [0.717, 1.165) is 12.1 Å². The molecule has 0 radical (unpaired) electrons. The fourth-order valence-electron chi connectivity index (χ4n) is 1.29. The molecular weight excluding hydrogens is 192 g/mol. The van der Waals surface area contributed by atoms with Crippen LogP contribution < -0.4 is 5.32 Å². The molecule has 0 saturated carbocycles. The summed E-state index contributed by atoms with van der Waals surface area (Å²) in [6.07, 6.45) is 2.51. The predicted molar refractivity (Wildman–Crippen MR) is 57.6 cm³/mol. The maximum Gasteiger partial charge on any atom is 0.325 e. The third-order valence-electron chi connectivity index (χ3n) is 2.11. The van der Waals surface area contributed by atoms with Gasteiger partial charge in [0.25, 0.3) is 0 Å². The average molecular weight is 208 g/mol. The van der Waals surface area contributed by atoms with Crippen LogP contribution in [-0.4, -0.2) is 22.6 Å². The molecule has 0 aliphatic rings. The van der Waals surface area contributed by atoms with Gasteiger partial charge in [-0.05, 0) is 31.5 Å². The summed E-state index contributed by atoms with van der Waals surface area (Å²) >= 11 is 0. The molecule has 15 heavy (non-hydrogen) atoms. The zero-order valence-corrected chi connectivity index (χ0v) is 9.03. The van der Waals surface area contributed by atoms with Crippen molar-refractivity contribution in [2.24, 2.45) is 0 Å². The van der Waals surface area contributed by atoms with Gasteiger partial charge in [-0.1, -0.05) is 13.0 Å².